The number of carbonyl (C=O) groups excluding carboxylic acids is 1. The van der Waals surface area contributed by atoms with Gasteiger partial charge in [0.25, 0.3) is 0 Å². The van der Waals surface area contributed by atoms with E-state index < -0.39 is 6.04 Å². The van der Waals surface area contributed by atoms with Crippen LogP contribution in [0.5, 0.6) is 0 Å². The molecule has 3 N–H and O–H groups in total. The number of hydrogen-bond donors (Lipinski definition) is 2. The molecule has 1 rings (SSSR count). The van der Waals surface area contributed by atoms with Crippen LogP contribution in [0.2, 0.25) is 0 Å². The Labute approximate surface area is 103 Å². The molecular weight excluding hydrogens is 214 g/mol. The molecule has 1 aromatic heterocycles. The quantitative estimate of drug-likeness (QED) is 0.789. The van der Waals surface area contributed by atoms with Crippen molar-refractivity contribution in [1.29, 1.82) is 0 Å². The number of rotatable bonds is 6. The zero-order valence-electron chi connectivity index (χ0n) is 10.5. The van der Waals surface area contributed by atoms with Crippen LogP contribution in [-0.4, -0.2) is 16.9 Å². The monoisotopic (exact) mass is 235 g/mol. The molecule has 0 saturated heterocycles. The van der Waals surface area contributed by atoms with Gasteiger partial charge in [0.05, 0.1) is 12.1 Å². The van der Waals surface area contributed by atoms with Crippen LogP contribution in [0, 0.1) is 0 Å². The second-order valence-corrected chi connectivity index (χ2v) is 4.27. The Morgan fingerprint density at radius 3 is 2.94 bits per heavy atom. The molecule has 0 radical (unpaired) electrons. The maximum atomic E-state index is 11.8. The Hall–Kier alpha value is -1.42. The fourth-order valence-electron chi connectivity index (χ4n) is 1.59. The van der Waals surface area contributed by atoms with E-state index in [1.165, 1.54) is 0 Å². The number of amides is 1. The van der Waals surface area contributed by atoms with E-state index in [2.05, 4.69) is 17.2 Å². The summed E-state index contributed by atoms with van der Waals surface area (Å²) in [6.07, 6.45) is 6.24. The molecule has 1 unspecified atom stereocenters. The minimum absolute atomic E-state index is 0.0520. The van der Waals surface area contributed by atoms with Gasteiger partial charge in [-0.3, -0.25) is 9.78 Å². The van der Waals surface area contributed by atoms with E-state index in [0.29, 0.717) is 0 Å². The van der Waals surface area contributed by atoms with Crippen LogP contribution in [0.25, 0.3) is 0 Å². The smallest absolute Gasteiger partial charge is 0.237 e. The molecule has 1 amide bonds. The van der Waals surface area contributed by atoms with Crippen LogP contribution in [0.1, 0.15) is 44.7 Å². The van der Waals surface area contributed by atoms with Gasteiger partial charge < -0.3 is 11.1 Å². The maximum Gasteiger partial charge on any atom is 0.237 e. The van der Waals surface area contributed by atoms with Crippen LogP contribution in [0.15, 0.2) is 24.5 Å². The largest absolute Gasteiger partial charge is 0.348 e. The van der Waals surface area contributed by atoms with Gasteiger partial charge in [-0.25, -0.2) is 0 Å². The van der Waals surface area contributed by atoms with Gasteiger partial charge in [0, 0.05) is 12.4 Å². The molecule has 0 bridgehead atoms. The summed E-state index contributed by atoms with van der Waals surface area (Å²) in [6, 6.07) is 3.34. The number of pyridine rings is 1. The van der Waals surface area contributed by atoms with Gasteiger partial charge in [-0.2, -0.15) is 0 Å². The van der Waals surface area contributed by atoms with E-state index in [0.717, 1.165) is 24.8 Å². The molecule has 1 aromatic rings. The molecule has 0 aliphatic carbocycles. The highest BCUT2D eigenvalue weighted by Crippen LogP contribution is 2.10. The Morgan fingerprint density at radius 1 is 1.59 bits per heavy atom. The summed E-state index contributed by atoms with van der Waals surface area (Å²) in [6.45, 7) is 4.02. The Morgan fingerprint density at radius 2 is 2.35 bits per heavy atom. The topological polar surface area (TPSA) is 68.0 Å². The van der Waals surface area contributed by atoms with E-state index in [1.807, 2.05) is 19.1 Å². The standard InChI is InChI=1S/C13H21N3O/c1-3-4-7-12(14)13(17)16-10(2)11-6-5-8-15-9-11/h5-6,8-10,12H,3-4,7,14H2,1-2H3,(H,16,17)/t10-,12?/m0/s1. The van der Waals surface area contributed by atoms with Crippen molar-refractivity contribution in [2.45, 2.75) is 45.2 Å². The minimum atomic E-state index is -0.408. The summed E-state index contributed by atoms with van der Waals surface area (Å²) in [5.74, 6) is -0.0881. The molecule has 0 spiro atoms. The van der Waals surface area contributed by atoms with Crippen LogP contribution < -0.4 is 11.1 Å². The van der Waals surface area contributed by atoms with Crippen molar-refractivity contribution < 1.29 is 4.79 Å². The zero-order valence-corrected chi connectivity index (χ0v) is 10.5. The Kier molecular flexibility index (Phi) is 5.63. The van der Waals surface area contributed by atoms with E-state index in [-0.39, 0.29) is 11.9 Å². The third kappa shape index (κ3) is 4.53. The van der Waals surface area contributed by atoms with Gasteiger partial charge in [0.2, 0.25) is 5.91 Å². The third-order valence-electron chi connectivity index (χ3n) is 2.75. The average Bonchev–Trinajstić information content (AvgIpc) is 2.36. The number of hydrogen-bond acceptors (Lipinski definition) is 3. The van der Waals surface area contributed by atoms with Gasteiger partial charge in [-0.05, 0) is 25.0 Å². The molecule has 0 aliphatic rings. The van der Waals surface area contributed by atoms with Gasteiger partial charge in [0.1, 0.15) is 0 Å². The summed E-state index contributed by atoms with van der Waals surface area (Å²) in [5, 5.41) is 2.90. The van der Waals surface area contributed by atoms with Crippen molar-refractivity contribution in [3.8, 4) is 0 Å². The highest BCUT2D eigenvalue weighted by molar-refractivity contribution is 5.81. The first-order valence-electron chi connectivity index (χ1n) is 6.11. The van der Waals surface area contributed by atoms with Gasteiger partial charge in [-0.15, -0.1) is 0 Å². The lowest BCUT2D eigenvalue weighted by atomic mass is 10.1. The number of aromatic nitrogens is 1. The summed E-state index contributed by atoms with van der Waals surface area (Å²) >= 11 is 0. The molecular formula is C13H21N3O. The Bertz CT molecular complexity index is 340. The zero-order chi connectivity index (χ0) is 12.7. The summed E-state index contributed by atoms with van der Waals surface area (Å²) in [5.41, 5.74) is 6.79. The lowest BCUT2D eigenvalue weighted by Crippen LogP contribution is -2.41. The van der Waals surface area contributed by atoms with E-state index in [4.69, 9.17) is 5.73 Å². The van der Waals surface area contributed by atoms with E-state index >= 15 is 0 Å². The normalized spacial score (nSPS) is 14.1. The van der Waals surface area contributed by atoms with E-state index in [9.17, 15) is 4.79 Å². The molecule has 1 heterocycles. The molecule has 0 aromatic carbocycles. The van der Waals surface area contributed by atoms with Gasteiger partial charge in [0.15, 0.2) is 0 Å². The van der Waals surface area contributed by atoms with Gasteiger partial charge >= 0.3 is 0 Å². The van der Waals surface area contributed by atoms with Crippen LogP contribution in [-0.2, 0) is 4.79 Å². The number of nitrogens with zero attached hydrogens (tertiary/aromatic N) is 1. The third-order valence-corrected chi connectivity index (χ3v) is 2.75. The van der Waals surface area contributed by atoms with Crippen molar-refractivity contribution >= 4 is 5.91 Å². The molecule has 17 heavy (non-hydrogen) atoms. The van der Waals surface area contributed by atoms with E-state index in [1.54, 1.807) is 12.4 Å². The SMILES string of the molecule is CCCCC(N)C(=O)N[C@@H](C)c1cccnc1. The van der Waals surface area contributed by atoms with Crippen LogP contribution >= 0.6 is 0 Å². The second-order valence-electron chi connectivity index (χ2n) is 4.27. The van der Waals surface area contributed by atoms with Crippen LogP contribution in [0.3, 0.4) is 0 Å². The maximum absolute atomic E-state index is 11.8. The molecule has 0 fully saturated rings. The first kappa shape index (κ1) is 13.6. The number of nitrogens with one attached hydrogen (secondary N) is 1. The summed E-state index contributed by atoms with van der Waals surface area (Å²) in [7, 11) is 0. The lowest BCUT2D eigenvalue weighted by molar-refractivity contribution is -0.123. The highest BCUT2D eigenvalue weighted by atomic mass is 16.2. The molecule has 94 valence electrons. The van der Waals surface area contributed by atoms with Crippen molar-refractivity contribution in [3.05, 3.63) is 30.1 Å². The molecule has 4 nitrogen and oxygen atoms in total. The van der Waals surface area contributed by atoms with Crippen molar-refractivity contribution in [1.82, 2.24) is 10.3 Å². The first-order valence-corrected chi connectivity index (χ1v) is 6.11. The number of unbranched alkanes of at least 4 members (excludes halogenated alkanes) is 1. The predicted molar refractivity (Wildman–Crippen MR) is 68.3 cm³/mol. The highest BCUT2D eigenvalue weighted by Gasteiger charge is 2.15. The lowest BCUT2D eigenvalue weighted by Gasteiger charge is -2.17. The van der Waals surface area contributed by atoms with Crippen molar-refractivity contribution in [2.24, 2.45) is 5.73 Å². The molecule has 0 saturated carbocycles. The minimum Gasteiger partial charge on any atom is -0.348 e. The van der Waals surface area contributed by atoms with Gasteiger partial charge in [-0.1, -0.05) is 25.8 Å². The molecule has 4 heteroatoms. The summed E-state index contributed by atoms with van der Waals surface area (Å²) in [4.78, 5) is 15.8. The van der Waals surface area contributed by atoms with Crippen molar-refractivity contribution in [3.63, 3.8) is 0 Å². The fraction of sp³-hybridized carbons (Fsp3) is 0.538. The molecule has 2 atom stereocenters. The average molecular weight is 235 g/mol. The first-order chi connectivity index (χ1) is 8.15. The fourth-order valence-corrected chi connectivity index (χ4v) is 1.59. The molecule has 0 aliphatic heterocycles. The number of nitrogens with two attached hydrogens (primary N) is 1. The predicted octanol–water partition coefficient (Wildman–Crippen LogP) is 1.78. The number of carbonyl (C=O) groups is 1. The van der Waals surface area contributed by atoms with Crippen LogP contribution in [0.4, 0.5) is 0 Å². The second kappa shape index (κ2) is 7.01. The Balaban J connectivity index is 2.46. The van der Waals surface area contributed by atoms with Crippen molar-refractivity contribution in [2.75, 3.05) is 0 Å². The summed E-state index contributed by atoms with van der Waals surface area (Å²) < 4.78 is 0.